The molecule has 0 aromatic heterocycles. The molecule has 2 N–H and O–H groups in total. The van der Waals surface area contributed by atoms with E-state index in [9.17, 15) is 23.6 Å². The maximum absolute atomic E-state index is 14.1. The fraction of sp³-hybridized carbons (Fsp3) is 0.810. The Labute approximate surface area is 183 Å². The van der Waals surface area contributed by atoms with Crippen LogP contribution < -0.4 is 10.6 Å². The summed E-state index contributed by atoms with van der Waals surface area (Å²) in [5.41, 5.74) is -0.799. The molecule has 0 spiro atoms. The molecule has 1 aliphatic rings. The van der Waals surface area contributed by atoms with Crippen LogP contribution in [0.1, 0.15) is 54.9 Å². The molecule has 0 radical (unpaired) electrons. The van der Waals surface area contributed by atoms with Gasteiger partial charge in [0.25, 0.3) is 0 Å². The Morgan fingerprint density at radius 1 is 1.00 bits per heavy atom. The number of rotatable bonds is 7. The van der Waals surface area contributed by atoms with Gasteiger partial charge in [-0.15, -0.1) is 0 Å². The van der Waals surface area contributed by atoms with Crippen LogP contribution in [0.4, 0.5) is 9.18 Å². The summed E-state index contributed by atoms with van der Waals surface area (Å²) in [5.74, 6) is -2.37. The second kappa shape index (κ2) is 10.8. The van der Waals surface area contributed by atoms with E-state index in [1.807, 2.05) is 0 Å². The number of alkyl halides is 1. The molecular formula is C21H36FN3O6. The van der Waals surface area contributed by atoms with Gasteiger partial charge in [0.1, 0.15) is 29.9 Å². The number of methoxy groups -OCH3 is 1. The van der Waals surface area contributed by atoms with Crippen LogP contribution in [0.25, 0.3) is 0 Å². The Balaban J connectivity index is 2.96. The van der Waals surface area contributed by atoms with Crippen molar-refractivity contribution in [3.8, 4) is 0 Å². The zero-order chi connectivity index (χ0) is 24.1. The lowest BCUT2D eigenvalue weighted by Gasteiger charge is -2.30. The van der Waals surface area contributed by atoms with E-state index in [2.05, 4.69) is 10.6 Å². The van der Waals surface area contributed by atoms with Crippen molar-refractivity contribution < 1.29 is 33.0 Å². The van der Waals surface area contributed by atoms with E-state index >= 15 is 0 Å². The summed E-state index contributed by atoms with van der Waals surface area (Å²) in [7, 11) is 1.23. The van der Waals surface area contributed by atoms with Gasteiger partial charge in [0.05, 0.1) is 13.7 Å². The standard InChI is InChI=1S/C21H36FN3O6/c1-11(2)15(18(27)24-16(12(3)4)19(28)30-8)23-17(26)14-9-13(22)10-25(14)20(29)31-21(5,6)7/h11-16H,9-10H2,1-8H3,(H,23,26)(H,24,27)/t13?,14-,15-,16-/m0/s1. The number of halogens is 1. The summed E-state index contributed by atoms with van der Waals surface area (Å²) in [5, 5.41) is 5.22. The average Bonchev–Trinajstić information content (AvgIpc) is 3.03. The molecule has 1 heterocycles. The van der Waals surface area contributed by atoms with Crippen LogP contribution in [-0.4, -0.2) is 72.3 Å². The fourth-order valence-corrected chi connectivity index (χ4v) is 3.21. The zero-order valence-corrected chi connectivity index (χ0v) is 19.7. The number of carbonyl (C=O) groups is 4. The summed E-state index contributed by atoms with van der Waals surface area (Å²) in [6.07, 6.45) is -2.35. The van der Waals surface area contributed by atoms with Crippen molar-refractivity contribution >= 4 is 23.9 Å². The second-order valence-corrected chi connectivity index (χ2v) is 9.47. The molecule has 10 heteroatoms. The number of hydrogen-bond acceptors (Lipinski definition) is 6. The van der Waals surface area contributed by atoms with E-state index in [0.717, 1.165) is 4.90 Å². The summed E-state index contributed by atoms with van der Waals surface area (Å²) < 4.78 is 24.1. The number of nitrogens with one attached hydrogen (secondary N) is 2. The van der Waals surface area contributed by atoms with E-state index in [4.69, 9.17) is 9.47 Å². The Morgan fingerprint density at radius 3 is 2.00 bits per heavy atom. The van der Waals surface area contributed by atoms with Crippen LogP contribution in [0, 0.1) is 11.8 Å². The Hall–Kier alpha value is -2.39. The first-order valence-corrected chi connectivity index (χ1v) is 10.5. The number of nitrogens with zero attached hydrogens (tertiary/aromatic N) is 1. The predicted octanol–water partition coefficient (Wildman–Crippen LogP) is 1.79. The van der Waals surface area contributed by atoms with Gasteiger partial charge >= 0.3 is 12.1 Å². The number of amides is 3. The maximum atomic E-state index is 14.1. The lowest BCUT2D eigenvalue weighted by molar-refractivity contribution is -0.147. The van der Waals surface area contributed by atoms with Gasteiger partial charge in [0.2, 0.25) is 11.8 Å². The minimum absolute atomic E-state index is 0.186. The quantitative estimate of drug-likeness (QED) is 0.578. The van der Waals surface area contributed by atoms with Crippen LogP contribution in [0.15, 0.2) is 0 Å². The smallest absolute Gasteiger partial charge is 0.411 e. The van der Waals surface area contributed by atoms with Crippen molar-refractivity contribution in [2.24, 2.45) is 11.8 Å². The van der Waals surface area contributed by atoms with Gasteiger partial charge < -0.3 is 20.1 Å². The van der Waals surface area contributed by atoms with Crippen LogP contribution in [0.5, 0.6) is 0 Å². The monoisotopic (exact) mass is 445 g/mol. The van der Waals surface area contributed by atoms with Gasteiger partial charge in [-0.3, -0.25) is 14.5 Å². The molecule has 1 aliphatic heterocycles. The van der Waals surface area contributed by atoms with Crippen molar-refractivity contribution in [3.05, 3.63) is 0 Å². The molecule has 4 atom stereocenters. The van der Waals surface area contributed by atoms with Gasteiger partial charge in [0, 0.05) is 6.42 Å². The molecule has 1 saturated heterocycles. The number of carbonyl (C=O) groups excluding carboxylic acids is 4. The molecule has 9 nitrogen and oxygen atoms in total. The fourth-order valence-electron chi connectivity index (χ4n) is 3.21. The molecule has 178 valence electrons. The minimum Gasteiger partial charge on any atom is -0.467 e. The Kier molecular flexibility index (Phi) is 9.26. The first-order chi connectivity index (χ1) is 14.2. The first-order valence-electron chi connectivity index (χ1n) is 10.5. The summed E-state index contributed by atoms with van der Waals surface area (Å²) in [6, 6.07) is -2.96. The summed E-state index contributed by atoms with van der Waals surface area (Å²) in [4.78, 5) is 51.2. The van der Waals surface area contributed by atoms with E-state index in [1.54, 1.807) is 48.5 Å². The molecule has 0 aliphatic carbocycles. The number of likely N-dealkylation sites (tertiary alicyclic amines) is 1. The molecule has 1 unspecified atom stereocenters. The molecule has 3 amide bonds. The number of ether oxygens (including phenoxy) is 2. The Morgan fingerprint density at radius 2 is 1.55 bits per heavy atom. The molecule has 1 fully saturated rings. The molecule has 31 heavy (non-hydrogen) atoms. The third kappa shape index (κ3) is 7.66. The van der Waals surface area contributed by atoms with Gasteiger partial charge in [-0.1, -0.05) is 27.7 Å². The largest absolute Gasteiger partial charge is 0.467 e. The highest BCUT2D eigenvalue weighted by Gasteiger charge is 2.43. The average molecular weight is 446 g/mol. The molecular weight excluding hydrogens is 409 g/mol. The van der Waals surface area contributed by atoms with E-state index < -0.39 is 53.8 Å². The van der Waals surface area contributed by atoms with Crippen molar-refractivity contribution in [1.29, 1.82) is 0 Å². The summed E-state index contributed by atoms with van der Waals surface area (Å²) >= 11 is 0. The van der Waals surface area contributed by atoms with Crippen LogP contribution in [0.2, 0.25) is 0 Å². The predicted molar refractivity (Wildman–Crippen MR) is 112 cm³/mol. The number of hydrogen-bond donors (Lipinski definition) is 2. The first kappa shape index (κ1) is 26.6. The number of esters is 1. The van der Waals surface area contributed by atoms with Crippen molar-refractivity contribution in [2.45, 2.75) is 84.8 Å². The Bertz CT molecular complexity index is 677. The van der Waals surface area contributed by atoms with E-state index in [-0.39, 0.29) is 24.8 Å². The van der Waals surface area contributed by atoms with Gasteiger partial charge in [0.15, 0.2) is 0 Å². The SMILES string of the molecule is COC(=O)[C@@H](NC(=O)[C@@H](NC(=O)[C@@H]1CC(F)CN1C(=O)OC(C)(C)C)C(C)C)C(C)C. The van der Waals surface area contributed by atoms with Crippen LogP contribution in [-0.2, 0) is 23.9 Å². The maximum Gasteiger partial charge on any atom is 0.411 e. The molecule has 0 bridgehead atoms. The highest BCUT2D eigenvalue weighted by molar-refractivity contribution is 5.93. The highest BCUT2D eigenvalue weighted by atomic mass is 19.1. The van der Waals surface area contributed by atoms with E-state index in [1.165, 1.54) is 7.11 Å². The topological polar surface area (TPSA) is 114 Å². The van der Waals surface area contributed by atoms with Crippen molar-refractivity contribution in [1.82, 2.24) is 15.5 Å². The van der Waals surface area contributed by atoms with Gasteiger partial charge in [-0.2, -0.15) is 0 Å². The molecule has 0 saturated carbocycles. The third-order valence-electron chi connectivity index (χ3n) is 4.85. The van der Waals surface area contributed by atoms with Crippen LogP contribution >= 0.6 is 0 Å². The summed E-state index contributed by atoms with van der Waals surface area (Å²) in [6.45, 7) is 11.7. The lowest BCUT2D eigenvalue weighted by Crippen LogP contribution is -2.58. The van der Waals surface area contributed by atoms with Crippen LogP contribution in [0.3, 0.4) is 0 Å². The van der Waals surface area contributed by atoms with Gasteiger partial charge in [-0.25, -0.2) is 14.0 Å². The minimum atomic E-state index is -1.38. The molecule has 1 rings (SSSR count). The molecule has 0 aromatic carbocycles. The van der Waals surface area contributed by atoms with Crippen molar-refractivity contribution in [3.63, 3.8) is 0 Å². The lowest BCUT2D eigenvalue weighted by atomic mass is 9.99. The second-order valence-electron chi connectivity index (χ2n) is 9.47. The normalized spacial score (nSPS) is 20.9. The highest BCUT2D eigenvalue weighted by Crippen LogP contribution is 2.24. The van der Waals surface area contributed by atoms with Gasteiger partial charge in [-0.05, 0) is 32.6 Å². The van der Waals surface area contributed by atoms with Crippen molar-refractivity contribution in [2.75, 3.05) is 13.7 Å². The molecule has 0 aromatic rings. The zero-order valence-electron chi connectivity index (χ0n) is 19.7. The van der Waals surface area contributed by atoms with E-state index in [0.29, 0.717) is 0 Å². The third-order valence-corrected chi connectivity index (χ3v) is 4.85.